The molecular weight excluding hydrogens is 278 g/mol. The van der Waals surface area contributed by atoms with Crippen LogP contribution in [-0.2, 0) is 0 Å². The normalized spacial score (nSPS) is 10.4. The number of nitrogen functional groups attached to an aromatic ring is 1. The molecule has 0 bridgehead atoms. The van der Waals surface area contributed by atoms with Gasteiger partial charge in [0.15, 0.2) is 0 Å². The molecule has 0 radical (unpaired) electrons. The molecule has 4 N–H and O–H groups in total. The molecule has 118 valence electrons. The maximum absolute atomic E-state index is 5.47. The highest BCUT2D eigenvalue weighted by Crippen LogP contribution is 2.21. The number of aromatic nitrogens is 3. The van der Waals surface area contributed by atoms with Gasteiger partial charge in [-0.2, -0.15) is 15.0 Å². The zero-order chi connectivity index (χ0) is 16.1. The molecule has 0 unspecified atom stereocenters. The lowest BCUT2D eigenvalue weighted by Gasteiger charge is -2.19. The molecule has 0 spiro atoms. The summed E-state index contributed by atoms with van der Waals surface area (Å²) in [6.07, 6.45) is 0. The highest BCUT2D eigenvalue weighted by atomic mass is 15.4. The SMILES string of the molecule is CCN(CC)c1nc(NN)nc(Nc2cc(C)ccc2C)n1. The lowest BCUT2D eigenvalue weighted by atomic mass is 10.1. The summed E-state index contributed by atoms with van der Waals surface area (Å²) in [6.45, 7) is 9.82. The molecule has 7 nitrogen and oxygen atoms in total. The van der Waals surface area contributed by atoms with Crippen molar-refractivity contribution >= 4 is 23.5 Å². The fourth-order valence-electron chi connectivity index (χ4n) is 2.12. The third-order valence-electron chi connectivity index (χ3n) is 3.44. The molecule has 0 aliphatic carbocycles. The third-order valence-corrected chi connectivity index (χ3v) is 3.44. The van der Waals surface area contributed by atoms with E-state index in [1.54, 1.807) is 0 Å². The summed E-state index contributed by atoms with van der Waals surface area (Å²) in [5, 5.41) is 3.25. The van der Waals surface area contributed by atoms with Crippen molar-refractivity contribution in [2.24, 2.45) is 5.84 Å². The van der Waals surface area contributed by atoms with E-state index < -0.39 is 0 Å². The van der Waals surface area contributed by atoms with Crippen LogP contribution in [0.4, 0.5) is 23.5 Å². The van der Waals surface area contributed by atoms with Crippen LogP contribution >= 0.6 is 0 Å². The largest absolute Gasteiger partial charge is 0.341 e. The third kappa shape index (κ3) is 3.62. The van der Waals surface area contributed by atoms with Crippen molar-refractivity contribution in [2.75, 3.05) is 28.7 Å². The second-order valence-electron chi connectivity index (χ2n) is 5.04. The van der Waals surface area contributed by atoms with E-state index in [9.17, 15) is 0 Å². The maximum atomic E-state index is 5.47. The van der Waals surface area contributed by atoms with Crippen LogP contribution in [-0.4, -0.2) is 28.0 Å². The average Bonchev–Trinajstić information content (AvgIpc) is 2.52. The van der Waals surface area contributed by atoms with Gasteiger partial charge in [-0.15, -0.1) is 0 Å². The summed E-state index contributed by atoms with van der Waals surface area (Å²) in [5.74, 6) is 6.88. The highest BCUT2D eigenvalue weighted by molar-refractivity contribution is 5.60. The van der Waals surface area contributed by atoms with Gasteiger partial charge in [-0.3, -0.25) is 5.43 Å². The van der Waals surface area contributed by atoms with E-state index in [1.807, 2.05) is 18.7 Å². The van der Waals surface area contributed by atoms with Crippen molar-refractivity contribution in [2.45, 2.75) is 27.7 Å². The van der Waals surface area contributed by atoms with E-state index in [0.717, 1.165) is 24.3 Å². The van der Waals surface area contributed by atoms with Crippen molar-refractivity contribution in [3.63, 3.8) is 0 Å². The summed E-state index contributed by atoms with van der Waals surface area (Å²) >= 11 is 0. The average molecular weight is 301 g/mol. The Hall–Kier alpha value is -2.41. The predicted octanol–water partition coefficient (Wildman–Crippen LogP) is 2.36. The fourth-order valence-corrected chi connectivity index (χ4v) is 2.12. The molecule has 0 amide bonds. The topological polar surface area (TPSA) is 92.0 Å². The van der Waals surface area contributed by atoms with E-state index in [2.05, 4.69) is 57.7 Å². The minimum atomic E-state index is 0.338. The van der Waals surface area contributed by atoms with Gasteiger partial charge in [-0.05, 0) is 44.9 Å². The monoisotopic (exact) mass is 301 g/mol. The van der Waals surface area contributed by atoms with Gasteiger partial charge in [0.2, 0.25) is 17.8 Å². The van der Waals surface area contributed by atoms with Crippen LogP contribution in [0.5, 0.6) is 0 Å². The lowest BCUT2D eigenvalue weighted by molar-refractivity contribution is 0.814. The van der Waals surface area contributed by atoms with Crippen LogP contribution < -0.4 is 21.5 Å². The molecule has 1 heterocycles. The molecule has 0 aliphatic heterocycles. The highest BCUT2D eigenvalue weighted by Gasteiger charge is 2.11. The molecule has 0 saturated heterocycles. The first-order valence-corrected chi connectivity index (χ1v) is 7.39. The van der Waals surface area contributed by atoms with E-state index in [1.165, 1.54) is 5.56 Å². The maximum Gasteiger partial charge on any atom is 0.243 e. The summed E-state index contributed by atoms with van der Waals surface area (Å²) in [6, 6.07) is 6.19. The minimum absolute atomic E-state index is 0.338. The Morgan fingerprint density at radius 1 is 1.05 bits per heavy atom. The fraction of sp³-hybridized carbons (Fsp3) is 0.400. The molecule has 0 atom stereocenters. The molecule has 22 heavy (non-hydrogen) atoms. The smallest absolute Gasteiger partial charge is 0.243 e. The Bertz CT molecular complexity index is 638. The number of nitrogens with one attached hydrogen (secondary N) is 2. The summed E-state index contributed by atoms with van der Waals surface area (Å²) < 4.78 is 0. The van der Waals surface area contributed by atoms with Crippen LogP contribution in [0, 0.1) is 13.8 Å². The van der Waals surface area contributed by atoms with Crippen molar-refractivity contribution in [3.05, 3.63) is 29.3 Å². The molecule has 1 aromatic heterocycles. The van der Waals surface area contributed by atoms with Gasteiger partial charge >= 0.3 is 0 Å². The van der Waals surface area contributed by atoms with Crippen LogP contribution in [0.3, 0.4) is 0 Å². The number of hydrazine groups is 1. The zero-order valence-corrected chi connectivity index (χ0v) is 13.5. The second kappa shape index (κ2) is 7.04. The molecule has 2 aromatic rings. The van der Waals surface area contributed by atoms with Gasteiger partial charge in [-0.25, -0.2) is 5.84 Å². The molecule has 7 heteroatoms. The van der Waals surface area contributed by atoms with Gasteiger partial charge in [0.1, 0.15) is 0 Å². The molecule has 2 rings (SSSR count). The second-order valence-corrected chi connectivity index (χ2v) is 5.04. The molecule has 0 fully saturated rings. The van der Waals surface area contributed by atoms with Crippen molar-refractivity contribution in [1.29, 1.82) is 0 Å². The Kier molecular flexibility index (Phi) is 5.11. The van der Waals surface area contributed by atoms with Crippen molar-refractivity contribution < 1.29 is 0 Å². The molecule has 1 aromatic carbocycles. The van der Waals surface area contributed by atoms with Crippen LogP contribution in [0.15, 0.2) is 18.2 Å². The van der Waals surface area contributed by atoms with Gasteiger partial charge in [0, 0.05) is 18.8 Å². The number of aryl methyl sites for hydroxylation is 2. The number of hydrogen-bond donors (Lipinski definition) is 3. The summed E-state index contributed by atoms with van der Waals surface area (Å²) in [4.78, 5) is 15.1. The summed E-state index contributed by atoms with van der Waals surface area (Å²) in [5.41, 5.74) is 5.76. The first kappa shape index (κ1) is 16.0. The van der Waals surface area contributed by atoms with Gasteiger partial charge < -0.3 is 10.2 Å². The number of nitrogens with zero attached hydrogens (tertiary/aromatic N) is 4. The quantitative estimate of drug-likeness (QED) is 0.557. The van der Waals surface area contributed by atoms with Crippen LogP contribution in [0.1, 0.15) is 25.0 Å². The number of nitrogens with two attached hydrogens (primary N) is 1. The van der Waals surface area contributed by atoms with E-state index in [0.29, 0.717) is 17.8 Å². The first-order valence-electron chi connectivity index (χ1n) is 7.39. The zero-order valence-electron chi connectivity index (χ0n) is 13.5. The van der Waals surface area contributed by atoms with E-state index in [-0.39, 0.29) is 0 Å². The Balaban J connectivity index is 2.37. The summed E-state index contributed by atoms with van der Waals surface area (Å²) in [7, 11) is 0. The van der Waals surface area contributed by atoms with Gasteiger partial charge in [-0.1, -0.05) is 12.1 Å². The Morgan fingerprint density at radius 2 is 1.73 bits per heavy atom. The molecular formula is C15H23N7. The lowest BCUT2D eigenvalue weighted by Crippen LogP contribution is -2.26. The number of anilines is 4. The van der Waals surface area contributed by atoms with Gasteiger partial charge in [0.25, 0.3) is 0 Å². The number of benzene rings is 1. The molecule has 0 saturated carbocycles. The van der Waals surface area contributed by atoms with Crippen molar-refractivity contribution in [1.82, 2.24) is 15.0 Å². The van der Waals surface area contributed by atoms with E-state index in [4.69, 9.17) is 5.84 Å². The Labute approximate surface area is 131 Å². The molecule has 0 aliphatic rings. The van der Waals surface area contributed by atoms with Gasteiger partial charge in [0.05, 0.1) is 0 Å². The Morgan fingerprint density at radius 3 is 2.36 bits per heavy atom. The minimum Gasteiger partial charge on any atom is -0.341 e. The van der Waals surface area contributed by atoms with Crippen LogP contribution in [0.25, 0.3) is 0 Å². The number of rotatable bonds is 6. The van der Waals surface area contributed by atoms with E-state index >= 15 is 0 Å². The first-order chi connectivity index (χ1) is 10.6. The predicted molar refractivity (Wildman–Crippen MR) is 90.4 cm³/mol. The standard InChI is InChI=1S/C15H23N7/c1-5-22(6-2)15-19-13(18-14(20-15)21-16)17-12-9-10(3)7-8-11(12)4/h7-9H,5-6,16H2,1-4H3,(H2,17,18,19,20,21). The van der Waals surface area contributed by atoms with Crippen molar-refractivity contribution in [3.8, 4) is 0 Å². The van der Waals surface area contributed by atoms with Crippen LogP contribution in [0.2, 0.25) is 0 Å². The number of hydrogen-bond acceptors (Lipinski definition) is 7.